The number of aliphatic imine (C=N–C) groups is 1. The second-order valence-electron chi connectivity index (χ2n) is 6.08. The molecule has 126 valence electrons. The SMILES string of the molecule is CCNC(=NCC(=O)NC(C)(C)C)NCCCN(C)C.I. The van der Waals surface area contributed by atoms with Crippen LogP contribution in [0.5, 0.6) is 0 Å². The molecule has 0 aliphatic heterocycles. The fraction of sp³-hybridized carbons (Fsp3) is 0.857. The molecule has 0 saturated carbocycles. The summed E-state index contributed by atoms with van der Waals surface area (Å²) >= 11 is 0. The molecular formula is C14H32IN5O. The summed E-state index contributed by atoms with van der Waals surface area (Å²) in [6.45, 7) is 10.7. The Hall–Kier alpha value is -0.570. The van der Waals surface area contributed by atoms with E-state index in [4.69, 9.17) is 0 Å². The van der Waals surface area contributed by atoms with Gasteiger partial charge in [-0.1, -0.05) is 0 Å². The lowest BCUT2D eigenvalue weighted by atomic mass is 10.1. The summed E-state index contributed by atoms with van der Waals surface area (Å²) in [7, 11) is 4.10. The van der Waals surface area contributed by atoms with Gasteiger partial charge in [-0.25, -0.2) is 4.99 Å². The summed E-state index contributed by atoms with van der Waals surface area (Å²) in [6.07, 6.45) is 1.03. The number of nitrogens with zero attached hydrogens (tertiary/aromatic N) is 2. The van der Waals surface area contributed by atoms with Crippen molar-refractivity contribution >= 4 is 35.8 Å². The normalized spacial score (nSPS) is 11.9. The van der Waals surface area contributed by atoms with Crippen molar-refractivity contribution in [3.8, 4) is 0 Å². The molecule has 0 spiro atoms. The molecule has 0 aliphatic carbocycles. The summed E-state index contributed by atoms with van der Waals surface area (Å²) in [5, 5.41) is 9.25. The Balaban J connectivity index is 0. The molecule has 0 unspecified atom stereocenters. The van der Waals surface area contributed by atoms with Gasteiger partial charge in [0.2, 0.25) is 5.91 Å². The molecule has 6 nitrogen and oxygen atoms in total. The first-order chi connectivity index (χ1) is 9.24. The maximum atomic E-state index is 11.7. The molecular weight excluding hydrogens is 381 g/mol. The molecule has 0 heterocycles. The van der Waals surface area contributed by atoms with E-state index in [1.807, 2.05) is 27.7 Å². The summed E-state index contributed by atoms with van der Waals surface area (Å²) in [5.41, 5.74) is -0.218. The Morgan fingerprint density at radius 3 is 2.29 bits per heavy atom. The van der Waals surface area contributed by atoms with Crippen LogP contribution in [0.2, 0.25) is 0 Å². The van der Waals surface area contributed by atoms with Crippen molar-refractivity contribution < 1.29 is 4.79 Å². The molecule has 0 saturated heterocycles. The minimum absolute atomic E-state index is 0. The van der Waals surface area contributed by atoms with E-state index >= 15 is 0 Å². The van der Waals surface area contributed by atoms with Crippen molar-refractivity contribution in [2.45, 2.75) is 39.7 Å². The third kappa shape index (κ3) is 15.6. The lowest BCUT2D eigenvalue weighted by Crippen LogP contribution is -2.43. The van der Waals surface area contributed by atoms with Gasteiger partial charge in [0.05, 0.1) is 0 Å². The van der Waals surface area contributed by atoms with Crippen LogP contribution in [0.4, 0.5) is 0 Å². The van der Waals surface area contributed by atoms with Crippen molar-refractivity contribution in [2.75, 3.05) is 40.3 Å². The lowest BCUT2D eigenvalue weighted by molar-refractivity contribution is -0.121. The molecule has 0 aliphatic rings. The van der Waals surface area contributed by atoms with E-state index in [-0.39, 0.29) is 42.0 Å². The Labute approximate surface area is 146 Å². The molecule has 3 N–H and O–H groups in total. The summed E-state index contributed by atoms with van der Waals surface area (Å²) in [5.74, 6) is 0.623. The smallest absolute Gasteiger partial charge is 0.242 e. The number of carbonyl (C=O) groups is 1. The molecule has 7 heteroatoms. The number of hydrogen-bond acceptors (Lipinski definition) is 3. The van der Waals surface area contributed by atoms with Crippen LogP contribution in [-0.4, -0.2) is 62.6 Å². The van der Waals surface area contributed by atoms with E-state index in [0.717, 1.165) is 26.1 Å². The van der Waals surface area contributed by atoms with Crippen LogP contribution in [0.1, 0.15) is 34.1 Å². The Kier molecular flexibility index (Phi) is 13.0. The second-order valence-corrected chi connectivity index (χ2v) is 6.08. The molecule has 0 radical (unpaired) electrons. The number of rotatable bonds is 7. The van der Waals surface area contributed by atoms with Gasteiger partial charge >= 0.3 is 0 Å². The standard InChI is InChI=1S/C14H31N5O.HI/c1-7-15-13(16-9-8-10-19(5)6)17-11-12(20)18-14(2,3)4;/h7-11H2,1-6H3,(H,18,20)(H2,15,16,17);1H. The molecule has 1 amide bonds. The highest BCUT2D eigenvalue weighted by Crippen LogP contribution is 1.97. The van der Waals surface area contributed by atoms with Crippen LogP contribution in [0.15, 0.2) is 4.99 Å². The highest BCUT2D eigenvalue weighted by Gasteiger charge is 2.13. The molecule has 0 aromatic rings. The maximum Gasteiger partial charge on any atom is 0.242 e. The van der Waals surface area contributed by atoms with Crippen LogP contribution in [0.3, 0.4) is 0 Å². The van der Waals surface area contributed by atoms with E-state index < -0.39 is 0 Å². The van der Waals surface area contributed by atoms with E-state index in [0.29, 0.717) is 5.96 Å². The zero-order valence-corrected chi connectivity index (χ0v) is 16.6. The largest absolute Gasteiger partial charge is 0.357 e. The van der Waals surface area contributed by atoms with Crippen LogP contribution >= 0.6 is 24.0 Å². The molecule has 0 atom stereocenters. The fourth-order valence-electron chi connectivity index (χ4n) is 1.55. The van der Waals surface area contributed by atoms with Crippen molar-refractivity contribution in [1.82, 2.24) is 20.9 Å². The van der Waals surface area contributed by atoms with Gasteiger partial charge in [-0.3, -0.25) is 4.79 Å². The zero-order chi connectivity index (χ0) is 15.6. The molecule has 0 fully saturated rings. The first-order valence-corrected chi connectivity index (χ1v) is 7.22. The van der Waals surface area contributed by atoms with Gasteiger partial charge in [-0.15, -0.1) is 24.0 Å². The van der Waals surface area contributed by atoms with Gasteiger partial charge < -0.3 is 20.9 Å². The van der Waals surface area contributed by atoms with Gasteiger partial charge in [0.15, 0.2) is 5.96 Å². The van der Waals surface area contributed by atoms with Crippen molar-refractivity contribution in [1.29, 1.82) is 0 Å². The number of guanidine groups is 1. The van der Waals surface area contributed by atoms with Gasteiger partial charge in [0, 0.05) is 18.6 Å². The van der Waals surface area contributed by atoms with E-state index in [9.17, 15) is 4.79 Å². The van der Waals surface area contributed by atoms with Crippen LogP contribution in [0.25, 0.3) is 0 Å². The lowest BCUT2D eigenvalue weighted by Gasteiger charge is -2.20. The van der Waals surface area contributed by atoms with Crippen molar-refractivity contribution in [3.63, 3.8) is 0 Å². The van der Waals surface area contributed by atoms with E-state index in [1.165, 1.54) is 0 Å². The van der Waals surface area contributed by atoms with Crippen LogP contribution in [-0.2, 0) is 4.79 Å². The first-order valence-electron chi connectivity index (χ1n) is 7.22. The third-order valence-electron chi connectivity index (χ3n) is 2.31. The molecule has 21 heavy (non-hydrogen) atoms. The monoisotopic (exact) mass is 413 g/mol. The highest BCUT2D eigenvalue weighted by molar-refractivity contribution is 14.0. The number of nitrogens with one attached hydrogen (secondary N) is 3. The quantitative estimate of drug-likeness (QED) is 0.252. The summed E-state index contributed by atoms with van der Waals surface area (Å²) in [6, 6.07) is 0. The Morgan fingerprint density at radius 2 is 1.81 bits per heavy atom. The average Bonchev–Trinajstić information content (AvgIpc) is 2.28. The minimum Gasteiger partial charge on any atom is -0.357 e. The number of hydrogen-bond donors (Lipinski definition) is 3. The van der Waals surface area contributed by atoms with E-state index in [1.54, 1.807) is 0 Å². The van der Waals surface area contributed by atoms with Gasteiger partial charge in [0.1, 0.15) is 6.54 Å². The van der Waals surface area contributed by atoms with Gasteiger partial charge in [-0.05, 0) is 54.8 Å². The summed E-state index contributed by atoms with van der Waals surface area (Å²) < 4.78 is 0. The second kappa shape index (κ2) is 12.0. The predicted molar refractivity (Wildman–Crippen MR) is 100 cm³/mol. The van der Waals surface area contributed by atoms with Crippen molar-refractivity contribution in [3.05, 3.63) is 0 Å². The Bertz CT molecular complexity index is 313. The highest BCUT2D eigenvalue weighted by atomic mass is 127. The van der Waals surface area contributed by atoms with E-state index in [2.05, 4.69) is 39.9 Å². The summed E-state index contributed by atoms with van der Waals surface area (Å²) in [4.78, 5) is 18.1. The number of amides is 1. The molecule has 0 aromatic heterocycles. The maximum absolute atomic E-state index is 11.7. The van der Waals surface area contributed by atoms with Gasteiger partial charge in [-0.2, -0.15) is 0 Å². The number of halogens is 1. The minimum atomic E-state index is -0.218. The van der Waals surface area contributed by atoms with Gasteiger partial charge in [0.25, 0.3) is 0 Å². The van der Waals surface area contributed by atoms with Crippen molar-refractivity contribution in [2.24, 2.45) is 4.99 Å². The van der Waals surface area contributed by atoms with Crippen LogP contribution in [0, 0.1) is 0 Å². The average molecular weight is 413 g/mol. The van der Waals surface area contributed by atoms with Crippen LogP contribution < -0.4 is 16.0 Å². The predicted octanol–water partition coefficient (Wildman–Crippen LogP) is 1.03. The number of carbonyl (C=O) groups excluding carboxylic acids is 1. The topological polar surface area (TPSA) is 68.8 Å². The third-order valence-corrected chi connectivity index (χ3v) is 2.31. The molecule has 0 aromatic carbocycles. The molecule has 0 bridgehead atoms. The zero-order valence-electron chi connectivity index (χ0n) is 14.2. The Morgan fingerprint density at radius 1 is 1.19 bits per heavy atom. The fourth-order valence-corrected chi connectivity index (χ4v) is 1.55. The first kappa shape index (κ1) is 22.7. The molecule has 0 rings (SSSR count).